The number of anilines is 1. The summed E-state index contributed by atoms with van der Waals surface area (Å²) in [5.74, 6) is 0. The van der Waals surface area contributed by atoms with Crippen molar-refractivity contribution in [2.45, 2.75) is 18.7 Å². The molecule has 0 radical (unpaired) electrons. The molecule has 2 aromatic heterocycles. The van der Waals surface area contributed by atoms with E-state index in [1.165, 1.54) is 37.2 Å². The van der Waals surface area contributed by atoms with Gasteiger partial charge in [0.1, 0.15) is 0 Å². The van der Waals surface area contributed by atoms with Crippen LogP contribution in [0.3, 0.4) is 0 Å². The van der Waals surface area contributed by atoms with Crippen molar-refractivity contribution < 1.29 is 9.90 Å². The molecule has 0 atom stereocenters. The van der Waals surface area contributed by atoms with E-state index in [9.17, 15) is 0 Å². The quantitative estimate of drug-likeness (QED) is 0.281. The minimum Gasteiger partial charge on any atom is -0.483 e. The number of carbonyl (C=O) groups is 1. The molecule has 0 saturated heterocycles. The Morgan fingerprint density at radius 1 is 1.12 bits per heavy atom. The van der Waals surface area contributed by atoms with Crippen LogP contribution >= 0.6 is 46.2 Å². The number of aryl methyl sites for hydroxylation is 2. The summed E-state index contributed by atoms with van der Waals surface area (Å²) in [6.07, 6.45) is 1.47. The largest absolute Gasteiger partial charge is 0.483 e. The molecule has 0 aliphatic heterocycles. The fraction of sp³-hybridized carbons (Fsp3) is 0.167. The molecule has 134 valence electrons. The second kappa shape index (κ2) is 12.0. The molecule has 2 heterocycles. The van der Waals surface area contributed by atoms with Gasteiger partial charge in [-0.3, -0.25) is 4.79 Å². The van der Waals surface area contributed by atoms with E-state index in [2.05, 4.69) is 78.0 Å². The number of benzene rings is 1. The van der Waals surface area contributed by atoms with Gasteiger partial charge in [0.25, 0.3) is 6.47 Å². The lowest BCUT2D eigenvalue weighted by Gasteiger charge is -2.06. The highest BCUT2D eigenvalue weighted by molar-refractivity contribution is 8.00. The average Bonchev–Trinajstić information content (AvgIpc) is 3.27. The van der Waals surface area contributed by atoms with Crippen LogP contribution in [-0.2, 0) is 4.79 Å². The number of hydrogen-bond donors (Lipinski definition) is 2. The number of rotatable bonds is 4. The van der Waals surface area contributed by atoms with Gasteiger partial charge in [0.2, 0.25) is 0 Å². The molecular weight excluding hydrogens is 394 g/mol. The molecule has 3 nitrogen and oxygen atoms in total. The van der Waals surface area contributed by atoms with Gasteiger partial charge in [0.15, 0.2) is 0 Å². The predicted molar refractivity (Wildman–Crippen MR) is 113 cm³/mol. The normalized spacial score (nSPS) is 9.28. The molecule has 3 rings (SSSR count). The van der Waals surface area contributed by atoms with E-state index in [0.717, 1.165) is 0 Å². The second-order valence-electron chi connectivity index (χ2n) is 4.63. The van der Waals surface area contributed by atoms with E-state index in [0.29, 0.717) is 0 Å². The molecule has 0 unspecified atom stereocenters. The SMILES string of the molecule is CCl.Cc1ccccc1SNc1cc(-c2cccs2)sc1C.O=CO. The maximum absolute atomic E-state index is 8.36. The first kappa shape index (κ1) is 21.6. The summed E-state index contributed by atoms with van der Waals surface area (Å²) in [4.78, 5) is 13.6. The molecule has 0 bridgehead atoms. The molecule has 0 saturated carbocycles. The lowest BCUT2D eigenvalue weighted by atomic mass is 10.2. The summed E-state index contributed by atoms with van der Waals surface area (Å²) in [6.45, 7) is 4.06. The monoisotopic (exact) mass is 413 g/mol. The first-order valence-corrected chi connectivity index (χ1v) is 10.5. The molecule has 0 aliphatic carbocycles. The van der Waals surface area contributed by atoms with Crippen LogP contribution in [0, 0.1) is 13.8 Å². The van der Waals surface area contributed by atoms with Gasteiger partial charge in [-0.15, -0.1) is 34.3 Å². The highest BCUT2D eigenvalue weighted by Crippen LogP contribution is 2.38. The fourth-order valence-electron chi connectivity index (χ4n) is 1.90. The third kappa shape index (κ3) is 6.74. The van der Waals surface area contributed by atoms with Crippen molar-refractivity contribution in [1.29, 1.82) is 0 Å². The Morgan fingerprint density at radius 3 is 2.40 bits per heavy atom. The van der Waals surface area contributed by atoms with E-state index < -0.39 is 0 Å². The van der Waals surface area contributed by atoms with Crippen LogP contribution in [-0.4, -0.2) is 18.0 Å². The summed E-state index contributed by atoms with van der Waals surface area (Å²) in [6, 6.07) is 15.0. The standard InChI is InChI=1S/C16H15NS3.CH3Cl.CH2O2/c1-11-6-3-4-7-14(11)20-17-13-10-16(19-12(13)2)15-8-5-9-18-15;1-2;2-1-3/h3-10,17H,1-2H3;1H3;1H,(H,2,3). The topological polar surface area (TPSA) is 49.3 Å². The molecule has 1 aromatic carbocycles. The van der Waals surface area contributed by atoms with Gasteiger partial charge in [0, 0.05) is 25.9 Å². The third-order valence-electron chi connectivity index (χ3n) is 3.05. The Balaban J connectivity index is 0.000000567. The molecule has 0 amide bonds. The number of thiophene rings is 2. The first-order chi connectivity index (χ1) is 12.2. The molecule has 0 fully saturated rings. The van der Waals surface area contributed by atoms with E-state index in [1.807, 2.05) is 11.3 Å². The Bertz CT molecular complexity index is 758. The molecule has 3 aromatic rings. The van der Waals surface area contributed by atoms with Gasteiger partial charge < -0.3 is 9.83 Å². The Hall–Kier alpha value is -1.47. The van der Waals surface area contributed by atoms with Crippen LogP contribution in [0.5, 0.6) is 0 Å². The zero-order chi connectivity index (χ0) is 18.7. The van der Waals surface area contributed by atoms with Crippen LogP contribution in [0.4, 0.5) is 5.69 Å². The zero-order valence-corrected chi connectivity index (χ0v) is 17.4. The van der Waals surface area contributed by atoms with Gasteiger partial charge in [-0.05, 0) is 54.9 Å². The van der Waals surface area contributed by atoms with Crippen LogP contribution in [0.2, 0.25) is 0 Å². The van der Waals surface area contributed by atoms with Crippen molar-refractivity contribution in [3.63, 3.8) is 0 Å². The van der Waals surface area contributed by atoms with E-state index >= 15 is 0 Å². The number of nitrogens with one attached hydrogen (secondary N) is 1. The molecular formula is C18H20ClNO2S3. The molecule has 7 heteroatoms. The molecule has 2 N–H and O–H groups in total. The summed E-state index contributed by atoms with van der Waals surface area (Å²) in [5.41, 5.74) is 2.52. The first-order valence-electron chi connectivity index (χ1n) is 7.24. The summed E-state index contributed by atoms with van der Waals surface area (Å²) < 4.78 is 3.48. The van der Waals surface area contributed by atoms with Gasteiger partial charge in [0.05, 0.1) is 5.69 Å². The van der Waals surface area contributed by atoms with Gasteiger partial charge in [-0.2, -0.15) is 0 Å². The van der Waals surface area contributed by atoms with Crippen molar-refractivity contribution in [2.75, 3.05) is 11.1 Å². The van der Waals surface area contributed by atoms with Crippen molar-refractivity contribution in [2.24, 2.45) is 0 Å². The number of halogens is 1. The maximum atomic E-state index is 8.36. The Morgan fingerprint density at radius 2 is 1.80 bits per heavy atom. The van der Waals surface area contributed by atoms with Crippen molar-refractivity contribution in [3.8, 4) is 9.75 Å². The van der Waals surface area contributed by atoms with Crippen LogP contribution < -0.4 is 4.72 Å². The van der Waals surface area contributed by atoms with Crippen LogP contribution in [0.15, 0.2) is 52.7 Å². The molecule has 25 heavy (non-hydrogen) atoms. The van der Waals surface area contributed by atoms with Gasteiger partial charge in [-0.25, -0.2) is 0 Å². The Labute approximate surface area is 165 Å². The van der Waals surface area contributed by atoms with Crippen molar-refractivity contribution in [3.05, 3.63) is 58.3 Å². The van der Waals surface area contributed by atoms with E-state index in [4.69, 9.17) is 9.90 Å². The average molecular weight is 414 g/mol. The highest BCUT2D eigenvalue weighted by Gasteiger charge is 2.08. The minimum absolute atomic E-state index is 0.250. The highest BCUT2D eigenvalue weighted by atomic mass is 35.5. The van der Waals surface area contributed by atoms with Gasteiger partial charge in [-0.1, -0.05) is 24.3 Å². The van der Waals surface area contributed by atoms with Crippen LogP contribution in [0.1, 0.15) is 10.4 Å². The Kier molecular flexibility index (Phi) is 10.3. The summed E-state index contributed by atoms with van der Waals surface area (Å²) in [5, 5.41) is 9.01. The third-order valence-corrected chi connectivity index (χ3v) is 6.16. The molecule has 0 spiro atoms. The number of hydrogen-bond acceptors (Lipinski definition) is 5. The minimum atomic E-state index is -0.250. The number of carboxylic acid groups (broad SMARTS) is 1. The van der Waals surface area contributed by atoms with E-state index in [-0.39, 0.29) is 6.47 Å². The maximum Gasteiger partial charge on any atom is 0.290 e. The van der Waals surface area contributed by atoms with Crippen molar-refractivity contribution >= 4 is 58.4 Å². The predicted octanol–water partition coefficient (Wildman–Crippen LogP) is 6.77. The molecule has 0 aliphatic rings. The number of alkyl halides is 1. The lowest BCUT2D eigenvalue weighted by molar-refractivity contribution is -0.122. The van der Waals surface area contributed by atoms with Crippen LogP contribution in [0.25, 0.3) is 9.75 Å². The zero-order valence-electron chi connectivity index (χ0n) is 14.2. The summed E-state index contributed by atoms with van der Waals surface area (Å²) >= 11 is 9.96. The second-order valence-corrected chi connectivity index (χ2v) is 7.68. The summed E-state index contributed by atoms with van der Waals surface area (Å²) in [7, 11) is 0. The fourth-order valence-corrected chi connectivity index (χ4v) is 4.58. The lowest BCUT2D eigenvalue weighted by Crippen LogP contribution is -1.87. The van der Waals surface area contributed by atoms with Gasteiger partial charge >= 0.3 is 0 Å². The van der Waals surface area contributed by atoms with E-state index in [1.54, 1.807) is 23.3 Å². The smallest absolute Gasteiger partial charge is 0.290 e. The van der Waals surface area contributed by atoms with Crippen molar-refractivity contribution in [1.82, 2.24) is 0 Å².